The van der Waals surface area contributed by atoms with Crippen molar-refractivity contribution in [1.82, 2.24) is 0 Å². The molecule has 0 bridgehead atoms. The molecule has 0 saturated heterocycles. The summed E-state index contributed by atoms with van der Waals surface area (Å²) in [6.07, 6.45) is 17.0. The Morgan fingerprint density at radius 1 is 0.238 bits per heavy atom. The Morgan fingerprint density at radius 3 is 0.905 bits per heavy atom. The van der Waals surface area contributed by atoms with Gasteiger partial charge in [0.1, 0.15) is 0 Å². The van der Waals surface area contributed by atoms with Gasteiger partial charge in [-0.15, -0.1) is 0 Å². The summed E-state index contributed by atoms with van der Waals surface area (Å²) in [7, 11) is 0. The third-order valence-corrected chi connectivity index (χ3v) is 7.77. The molecule has 0 unspecified atom stereocenters. The molecule has 198 valence electrons. The highest BCUT2D eigenvalue weighted by Crippen LogP contribution is 2.25. The predicted octanol–water partition coefficient (Wildman–Crippen LogP) is 11.8. The van der Waals surface area contributed by atoms with Gasteiger partial charge in [-0.25, -0.2) is 0 Å². The molecule has 7 aromatic rings. The van der Waals surface area contributed by atoms with E-state index in [1.807, 2.05) is 0 Å². The van der Waals surface area contributed by atoms with Crippen LogP contribution in [0.15, 0.2) is 158 Å². The quantitative estimate of drug-likeness (QED) is 0.147. The fourth-order valence-electron chi connectivity index (χ4n) is 5.51. The zero-order valence-electron chi connectivity index (χ0n) is 23.3. The summed E-state index contributed by atoms with van der Waals surface area (Å²) >= 11 is 0. The molecule has 0 aromatic heterocycles. The zero-order valence-corrected chi connectivity index (χ0v) is 23.3. The summed E-state index contributed by atoms with van der Waals surface area (Å²) in [4.78, 5) is 0. The number of hydrogen-bond donors (Lipinski definition) is 0. The molecule has 0 aliphatic heterocycles. The van der Waals surface area contributed by atoms with Gasteiger partial charge in [0.05, 0.1) is 0 Å². The molecule has 0 amide bonds. The number of benzene rings is 7. The first-order valence-electron chi connectivity index (χ1n) is 14.4. The molecule has 0 radical (unpaired) electrons. The first kappa shape index (κ1) is 25.5. The molecule has 0 aliphatic carbocycles. The van der Waals surface area contributed by atoms with Crippen molar-refractivity contribution in [1.29, 1.82) is 0 Å². The van der Waals surface area contributed by atoms with Crippen LogP contribution in [0.25, 0.3) is 67.4 Å². The van der Waals surface area contributed by atoms with Crippen LogP contribution in [-0.2, 0) is 0 Å². The first-order valence-corrected chi connectivity index (χ1v) is 14.4. The van der Waals surface area contributed by atoms with Crippen LogP contribution in [0.3, 0.4) is 0 Å². The highest BCUT2D eigenvalue weighted by atomic mass is 14.0. The van der Waals surface area contributed by atoms with Crippen molar-refractivity contribution in [2.75, 3.05) is 0 Å². The second-order valence-electron chi connectivity index (χ2n) is 10.7. The van der Waals surface area contributed by atoms with Gasteiger partial charge < -0.3 is 0 Å². The van der Waals surface area contributed by atoms with Crippen LogP contribution in [0.2, 0.25) is 0 Å². The van der Waals surface area contributed by atoms with E-state index in [-0.39, 0.29) is 0 Å². The van der Waals surface area contributed by atoms with Gasteiger partial charge in [-0.1, -0.05) is 146 Å². The van der Waals surface area contributed by atoms with E-state index in [9.17, 15) is 0 Å². The molecule has 42 heavy (non-hydrogen) atoms. The lowest BCUT2D eigenvalue weighted by Crippen LogP contribution is -1.78. The van der Waals surface area contributed by atoms with Gasteiger partial charge in [0, 0.05) is 0 Å². The Hall–Kier alpha value is -5.46. The number of hydrogen-bond acceptors (Lipinski definition) is 0. The van der Waals surface area contributed by atoms with E-state index in [1.165, 1.54) is 65.3 Å². The van der Waals surface area contributed by atoms with Crippen LogP contribution in [0.4, 0.5) is 0 Å². The van der Waals surface area contributed by atoms with Gasteiger partial charge in [0.25, 0.3) is 0 Å². The maximum Gasteiger partial charge on any atom is -0.0172 e. The molecular weight excluding hydrogens is 504 g/mol. The van der Waals surface area contributed by atoms with Crippen LogP contribution in [0.1, 0.15) is 22.3 Å². The molecule has 0 aliphatic rings. The lowest BCUT2D eigenvalue weighted by atomic mass is 10.0. The molecular formula is C42H30. The Kier molecular flexibility index (Phi) is 7.02. The maximum atomic E-state index is 2.27. The Balaban J connectivity index is 0.973. The van der Waals surface area contributed by atoms with E-state index in [4.69, 9.17) is 0 Å². The third-order valence-electron chi connectivity index (χ3n) is 7.77. The number of fused-ring (bicyclic) bond motifs is 4. The van der Waals surface area contributed by atoms with E-state index >= 15 is 0 Å². The van der Waals surface area contributed by atoms with Crippen LogP contribution in [0.5, 0.6) is 0 Å². The SMILES string of the molecule is C(/C=C/c1ccc2cc3ccccc3cc2c1)=C\c1ccc(/C=C/C=C/c2ccc3cc4ccccc4cc3c2)cc1. The van der Waals surface area contributed by atoms with Crippen LogP contribution in [0, 0.1) is 0 Å². The Morgan fingerprint density at radius 2 is 0.524 bits per heavy atom. The van der Waals surface area contributed by atoms with Gasteiger partial charge in [0.15, 0.2) is 0 Å². The van der Waals surface area contributed by atoms with Crippen LogP contribution in [-0.4, -0.2) is 0 Å². The van der Waals surface area contributed by atoms with Crippen molar-refractivity contribution in [2.24, 2.45) is 0 Å². The molecule has 7 aromatic carbocycles. The highest BCUT2D eigenvalue weighted by Gasteiger charge is 2.00. The Labute approximate surface area is 246 Å². The molecule has 0 heterocycles. The maximum absolute atomic E-state index is 2.27. The molecule has 0 atom stereocenters. The summed E-state index contributed by atoms with van der Waals surface area (Å²) in [6.45, 7) is 0. The minimum Gasteiger partial charge on any atom is -0.0617 e. The zero-order chi connectivity index (χ0) is 28.1. The molecule has 0 spiro atoms. The lowest BCUT2D eigenvalue weighted by molar-refractivity contribution is 1.62. The normalized spacial score (nSPS) is 12.4. The molecule has 7 rings (SSSR count). The lowest BCUT2D eigenvalue weighted by Gasteiger charge is -2.03. The van der Waals surface area contributed by atoms with Gasteiger partial charge in [-0.2, -0.15) is 0 Å². The van der Waals surface area contributed by atoms with Gasteiger partial charge in [-0.05, 0) is 102 Å². The smallest absolute Gasteiger partial charge is 0.0172 e. The van der Waals surface area contributed by atoms with E-state index in [2.05, 4.69) is 182 Å². The minimum atomic E-state index is 1.18. The Bertz CT molecular complexity index is 2010. The molecule has 0 nitrogen and oxygen atoms in total. The van der Waals surface area contributed by atoms with E-state index in [0.717, 1.165) is 0 Å². The van der Waals surface area contributed by atoms with Crippen LogP contribution < -0.4 is 0 Å². The van der Waals surface area contributed by atoms with Crippen molar-refractivity contribution in [2.45, 2.75) is 0 Å². The fraction of sp³-hybridized carbons (Fsp3) is 0. The number of allylic oxidation sites excluding steroid dienone is 4. The average Bonchev–Trinajstić information content (AvgIpc) is 3.03. The van der Waals surface area contributed by atoms with E-state index < -0.39 is 0 Å². The van der Waals surface area contributed by atoms with Crippen molar-refractivity contribution in [3.63, 3.8) is 0 Å². The topological polar surface area (TPSA) is 0 Å². The second-order valence-corrected chi connectivity index (χ2v) is 10.7. The molecule has 0 heteroatoms. The molecule has 0 saturated carbocycles. The average molecular weight is 535 g/mol. The van der Waals surface area contributed by atoms with Gasteiger partial charge >= 0.3 is 0 Å². The largest absolute Gasteiger partial charge is 0.0617 e. The summed E-state index contributed by atoms with van der Waals surface area (Å²) < 4.78 is 0. The third kappa shape index (κ3) is 5.70. The van der Waals surface area contributed by atoms with E-state index in [1.54, 1.807) is 0 Å². The summed E-state index contributed by atoms with van der Waals surface area (Å²) in [5, 5.41) is 10.2. The van der Waals surface area contributed by atoms with Crippen molar-refractivity contribution in [3.8, 4) is 0 Å². The summed E-state index contributed by atoms with van der Waals surface area (Å²) in [6, 6.07) is 48.0. The number of rotatable bonds is 6. The summed E-state index contributed by atoms with van der Waals surface area (Å²) in [5.41, 5.74) is 4.77. The fourth-order valence-corrected chi connectivity index (χ4v) is 5.51. The molecule has 0 N–H and O–H groups in total. The van der Waals surface area contributed by atoms with Crippen LogP contribution >= 0.6 is 0 Å². The van der Waals surface area contributed by atoms with E-state index in [0.29, 0.717) is 0 Å². The second kappa shape index (κ2) is 11.6. The molecule has 0 fully saturated rings. The van der Waals surface area contributed by atoms with Gasteiger partial charge in [-0.3, -0.25) is 0 Å². The summed E-state index contributed by atoms with van der Waals surface area (Å²) in [5.74, 6) is 0. The van der Waals surface area contributed by atoms with Gasteiger partial charge in [0.2, 0.25) is 0 Å². The van der Waals surface area contributed by atoms with Crippen molar-refractivity contribution >= 4 is 67.4 Å². The monoisotopic (exact) mass is 534 g/mol. The first-order chi connectivity index (χ1) is 20.8. The van der Waals surface area contributed by atoms with Crippen molar-refractivity contribution < 1.29 is 0 Å². The standard InChI is InChI=1S/C42H30/c1(3-11-33-21-23-39-27-35-13-5-7-15-37(35)29-41(39)25-33)9-31-17-19-32(20-18-31)10-2-4-12-34-22-24-40-28-36-14-6-8-16-38(36)30-42(40)26-34/h1-30H/b9-1+,10-2+,11-3+,12-4+. The van der Waals surface area contributed by atoms with Crippen molar-refractivity contribution in [3.05, 3.63) is 180 Å². The highest BCUT2D eigenvalue weighted by molar-refractivity contribution is 6.00. The predicted molar refractivity (Wildman–Crippen MR) is 185 cm³/mol. The minimum absolute atomic E-state index is 1.18.